The van der Waals surface area contributed by atoms with Crippen LogP contribution in [0, 0.1) is 6.92 Å². The lowest BCUT2D eigenvalue weighted by Gasteiger charge is -2.08. The van der Waals surface area contributed by atoms with E-state index in [9.17, 15) is 4.79 Å². The van der Waals surface area contributed by atoms with E-state index in [2.05, 4.69) is 10.3 Å². The Balaban J connectivity index is 1.89. The lowest BCUT2D eigenvalue weighted by atomic mass is 10.1. The van der Waals surface area contributed by atoms with Gasteiger partial charge in [0.25, 0.3) is 0 Å². The predicted octanol–water partition coefficient (Wildman–Crippen LogP) is 2.46. The molecule has 4 nitrogen and oxygen atoms in total. The van der Waals surface area contributed by atoms with Crippen molar-refractivity contribution in [2.45, 2.75) is 26.3 Å². The zero-order chi connectivity index (χ0) is 12.3. The SMILES string of the molecule is Cc1cnc(CNC(=O)[C@H](C)c2cccs2)o1. The molecule has 2 aromatic rings. The number of carbonyl (C=O) groups is 1. The van der Waals surface area contributed by atoms with Gasteiger partial charge in [-0.15, -0.1) is 11.3 Å². The van der Waals surface area contributed by atoms with Crippen LogP contribution in [-0.2, 0) is 11.3 Å². The van der Waals surface area contributed by atoms with Gasteiger partial charge in [-0.3, -0.25) is 4.79 Å². The van der Waals surface area contributed by atoms with Crippen LogP contribution in [0.5, 0.6) is 0 Å². The molecule has 0 saturated heterocycles. The summed E-state index contributed by atoms with van der Waals surface area (Å²) in [4.78, 5) is 16.9. The maximum Gasteiger partial charge on any atom is 0.228 e. The predicted molar refractivity (Wildman–Crippen MR) is 65.8 cm³/mol. The molecule has 2 aromatic heterocycles. The first-order valence-electron chi connectivity index (χ1n) is 5.39. The Morgan fingerprint density at radius 2 is 2.47 bits per heavy atom. The Bertz CT molecular complexity index is 490. The quantitative estimate of drug-likeness (QED) is 0.906. The molecule has 0 aliphatic rings. The minimum absolute atomic E-state index is 0.0108. The van der Waals surface area contributed by atoms with E-state index in [4.69, 9.17) is 4.42 Å². The van der Waals surface area contributed by atoms with E-state index >= 15 is 0 Å². The van der Waals surface area contributed by atoms with Crippen LogP contribution in [0.3, 0.4) is 0 Å². The van der Waals surface area contributed by atoms with Gasteiger partial charge in [-0.25, -0.2) is 4.98 Å². The van der Waals surface area contributed by atoms with Gasteiger partial charge in [-0.05, 0) is 25.3 Å². The lowest BCUT2D eigenvalue weighted by molar-refractivity contribution is -0.122. The van der Waals surface area contributed by atoms with Gasteiger partial charge in [0.2, 0.25) is 11.8 Å². The molecule has 1 N–H and O–H groups in total. The largest absolute Gasteiger partial charge is 0.444 e. The third-order valence-electron chi connectivity index (χ3n) is 2.45. The van der Waals surface area contributed by atoms with Gasteiger partial charge in [0.05, 0.1) is 18.7 Å². The first kappa shape index (κ1) is 11.9. The molecule has 0 saturated carbocycles. The monoisotopic (exact) mass is 250 g/mol. The number of nitrogens with zero attached hydrogens (tertiary/aromatic N) is 1. The summed E-state index contributed by atoms with van der Waals surface area (Å²) in [6.07, 6.45) is 1.64. The number of nitrogens with one attached hydrogen (secondary N) is 1. The molecule has 0 fully saturated rings. The summed E-state index contributed by atoms with van der Waals surface area (Å²) in [6.45, 7) is 4.05. The summed E-state index contributed by atoms with van der Waals surface area (Å²) in [7, 11) is 0. The van der Waals surface area contributed by atoms with Gasteiger partial charge < -0.3 is 9.73 Å². The average molecular weight is 250 g/mol. The van der Waals surface area contributed by atoms with Crippen LogP contribution in [0.2, 0.25) is 0 Å². The van der Waals surface area contributed by atoms with Gasteiger partial charge in [0.15, 0.2) is 0 Å². The number of aryl methyl sites for hydroxylation is 1. The highest BCUT2D eigenvalue weighted by Crippen LogP contribution is 2.20. The number of carbonyl (C=O) groups excluding carboxylic acids is 1. The second-order valence-corrected chi connectivity index (χ2v) is 4.80. The summed E-state index contributed by atoms with van der Waals surface area (Å²) in [5.74, 6) is 1.14. The highest BCUT2D eigenvalue weighted by molar-refractivity contribution is 7.10. The van der Waals surface area contributed by atoms with Gasteiger partial charge in [-0.1, -0.05) is 6.07 Å². The van der Waals surface area contributed by atoms with Crippen molar-refractivity contribution < 1.29 is 9.21 Å². The molecule has 17 heavy (non-hydrogen) atoms. The van der Waals surface area contributed by atoms with Crippen molar-refractivity contribution in [3.8, 4) is 0 Å². The number of oxazole rings is 1. The van der Waals surface area contributed by atoms with Crippen molar-refractivity contribution in [3.63, 3.8) is 0 Å². The minimum Gasteiger partial charge on any atom is -0.444 e. The molecule has 5 heteroatoms. The van der Waals surface area contributed by atoms with Crippen LogP contribution >= 0.6 is 11.3 Å². The first-order valence-corrected chi connectivity index (χ1v) is 6.27. The highest BCUT2D eigenvalue weighted by Gasteiger charge is 2.16. The maximum absolute atomic E-state index is 11.8. The van der Waals surface area contributed by atoms with E-state index in [-0.39, 0.29) is 11.8 Å². The summed E-state index contributed by atoms with van der Waals surface area (Å²) >= 11 is 1.59. The Morgan fingerprint density at radius 3 is 3.06 bits per heavy atom. The Kier molecular flexibility index (Phi) is 3.58. The summed E-state index contributed by atoms with van der Waals surface area (Å²) < 4.78 is 5.28. The fraction of sp³-hybridized carbons (Fsp3) is 0.333. The van der Waals surface area contributed by atoms with Gasteiger partial charge in [0.1, 0.15) is 5.76 Å². The Hall–Kier alpha value is -1.62. The molecular formula is C12H14N2O2S. The van der Waals surface area contributed by atoms with E-state index in [0.717, 1.165) is 10.6 Å². The van der Waals surface area contributed by atoms with Crippen LogP contribution < -0.4 is 5.32 Å². The third-order valence-corrected chi connectivity index (χ3v) is 3.50. The fourth-order valence-corrected chi connectivity index (χ4v) is 2.25. The molecular weight excluding hydrogens is 236 g/mol. The molecule has 2 rings (SSSR count). The van der Waals surface area contributed by atoms with E-state index in [1.807, 2.05) is 31.4 Å². The fourth-order valence-electron chi connectivity index (χ4n) is 1.47. The molecule has 0 aliphatic heterocycles. The zero-order valence-electron chi connectivity index (χ0n) is 9.77. The van der Waals surface area contributed by atoms with E-state index in [1.165, 1.54) is 0 Å². The number of thiophene rings is 1. The standard InChI is InChI=1S/C12H14N2O2S/c1-8-6-13-11(16-8)7-14-12(15)9(2)10-4-3-5-17-10/h3-6,9H,7H2,1-2H3,(H,14,15)/t9-/m1/s1. The molecule has 0 radical (unpaired) electrons. The average Bonchev–Trinajstić information content (AvgIpc) is 2.95. The van der Waals surface area contributed by atoms with E-state index in [0.29, 0.717) is 12.4 Å². The molecule has 1 atom stereocenters. The summed E-state index contributed by atoms with van der Waals surface area (Å²) in [6, 6.07) is 3.91. The van der Waals surface area contributed by atoms with Crippen LogP contribution in [0.25, 0.3) is 0 Å². The van der Waals surface area contributed by atoms with Gasteiger partial charge >= 0.3 is 0 Å². The van der Waals surface area contributed by atoms with Crippen molar-refractivity contribution in [2.24, 2.45) is 0 Å². The molecule has 0 unspecified atom stereocenters. The molecule has 0 aromatic carbocycles. The zero-order valence-corrected chi connectivity index (χ0v) is 10.6. The van der Waals surface area contributed by atoms with Crippen molar-refractivity contribution >= 4 is 17.2 Å². The minimum atomic E-state index is -0.133. The van der Waals surface area contributed by atoms with E-state index < -0.39 is 0 Å². The Morgan fingerprint density at radius 1 is 1.65 bits per heavy atom. The van der Waals surface area contributed by atoms with E-state index in [1.54, 1.807) is 17.5 Å². The topological polar surface area (TPSA) is 55.1 Å². The van der Waals surface area contributed by atoms with Crippen LogP contribution in [-0.4, -0.2) is 10.9 Å². The summed E-state index contributed by atoms with van der Waals surface area (Å²) in [5, 5.41) is 4.78. The van der Waals surface area contributed by atoms with Crippen molar-refractivity contribution in [2.75, 3.05) is 0 Å². The smallest absolute Gasteiger partial charge is 0.228 e. The van der Waals surface area contributed by atoms with Crippen LogP contribution in [0.15, 0.2) is 28.1 Å². The van der Waals surface area contributed by atoms with Crippen molar-refractivity contribution in [1.82, 2.24) is 10.3 Å². The van der Waals surface area contributed by atoms with Crippen molar-refractivity contribution in [3.05, 3.63) is 40.2 Å². The molecule has 0 aliphatic carbocycles. The lowest BCUT2D eigenvalue weighted by Crippen LogP contribution is -2.27. The number of rotatable bonds is 4. The first-order chi connectivity index (χ1) is 8.16. The second kappa shape index (κ2) is 5.14. The number of aromatic nitrogens is 1. The second-order valence-electron chi connectivity index (χ2n) is 3.82. The number of hydrogen-bond acceptors (Lipinski definition) is 4. The van der Waals surface area contributed by atoms with Gasteiger partial charge in [0, 0.05) is 4.88 Å². The molecule has 90 valence electrons. The number of amides is 1. The van der Waals surface area contributed by atoms with Crippen LogP contribution in [0.4, 0.5) is 0 Å². The van der Waals surface area contributed by atoms with Crippen molar-refractivity contribution in [1.29, 1.82) is 0 Å². The van der Waals surface area contributed by atoms with Gasteiger partial charge in [-0.2, -0.15) is 0 Å². The molecule has 0 bridgehead atoms. The third kappa shape index (κ3) is 2.94. The highest BCUT2D eigenvalue weighted by atomic mass is 32.1. The van der Waals surface area contributed by atoms with Crippen LogP contribution in [0.1, 0.15) is 29.4 Å². The maximum atomic E-state index is 11.8. The summed E-state index contributed by atoms with van der Waals surface area (Å²) in [5.41, 5.74) is 0. The normalized spacial score (nSPS) is 12.4. The Labute approximate surface area is 104 Å². The molecule has 1 amide bonds. The number of hydrogen-bond donors (Lipinski definition) is 1. The molecule has 0 spiro atoms. The molecule has 2 heterocycles.